The highest BCUT2D eigenvalue weighted by Crippen LogP contribution is 2.47. The molecule has 9 aromatic carbocycles. The van der Waals surface area contributed by atoms with E-state index in [4.69, 9.17) is 0 Å². The number of nitrogens with zero attached hydrogens (tertiary/aromatic N) is 2. The van der Waals surface area contributed by atoms with Gasteiger partial charge in [-0.1, -0.05) is 127 Å². The molecule has 0 saturated carbocycles. The van der Waals surface area contributed by atoms with E-state index < -0.39 is 0 Å². The number of fused-ring (bicyclic) bond motifs is 4. The van der Waals surface area contributed by atoms with Crippen LogP contribution >= 0.6 is 0 Å². The molecule has 1 aliphatic heterocycles. The normalized spacial score (nSPS) is 12.0. The molecule has 0 aliphatic carbocycles. The lowest BCUT2D eigenvalue weighted by Gasteiger charge is -2.34. The van der Waals surface area contributed by atoms with E-state index in [2.05, 4.69) is 216 Å². The molecule has 10 rings (SSSR count). The number of rotatable bonds is 6. The van der Waals surface area contributed by atoms with E-state index in [-0.39, 0.29) is 0 Å². The monoisotopic (exact) mass is 676 g/mol. The van der Waals surface area contributed by atoms with Crippen LogP contribution < -0.4 is 9.80 Å². The van der Waals surface area contributed by atoms with Gasteiger partial charge in [0.25, 0.3) is 0 Å². The lowest BCUT2D eigenvalue weighted by atomic mass is 9.89. The molecule has 0 amide bonds. The molecule has 0 saturated heterocycles. The van der Waals surface area contributed by atoms with E-state index >= 15 is 0 Å². The van der Waals surface area contributed by atoms with Crippen LogP contribution in [0.25, 0.3) is 43.8 Å². The third-order valence-corrected chi connectivity index (χ3v) is 10.6. The minimum atomic E-state index is 0.859. The zero-order chi connectivity index (χ0) is 35.1. The molecule has 53 heavy (non-hydrogen) atoms. The van der Waals surface area contributed by atoms with Gasteiger partial charge in [0.05, 0.1) is 0 Å². The standard InChI is InChI=1S/C51H36N2/c1-3-15-46(16-4-1)52(47-17-5-2-6-18-47)48-26-21-38(22-27-48)41-24-29-50-44(32-41)34-45-33-43(42-20-19-36-11-7-9-13-39(36)31-42)25-30-51(45)53(50)49-28-23-37-12-8-10-14-40(37)35-49/h1-33,35H,34H2. The van der Waals surface area contributed by atoms with Crippen LogP contribution in [-0.2, 0) is 6.42 Å². The zero-order valence-corrected chi connectivity index (χ0v) is 29.2. The second-order valence-electron chi connectivity index (χ2n) is 13.8. The molecule has 1 heterocycles. The van der Waals surface area contributed by atoms with Crippen molar-refractivity contribution in [1.29, 1.82) is 0 Å². The molecular formula is C51H36N2. The van der Waals surface area contributed by atoms with Gasteiger partial charge in [0.1, 0.15) is 0 Å². The third kappa shape index (κ3) is 5.71. The summed E-state index contributed by atoms with van der Waals surface area (Å²) in [6, 6.07) is 75.0. The maximum absolute atomic E-state index is 2.45. The smallest absolute Gasteiger partial charge is 0.0497 e. The Balaban J connectivity index is 1.05. The highest BCUT2D eigenvalue weighted by molar-refractivity contribution is 5.93. The van der Waals surface area contributed by atoms with Crippen LogP contribution in [0.3, 0.4) is 0 Å². The predicted octanol–water partition coefficient (Wildman–Crippen LogP) is 14.2. The van der Waals surface area contributed by atoms with E-state index in [1.807, 2.05) is 0 Å². The van der Waals surface area contributed by atoms with Crippen LogP contribution in [0.15, 0.2) is 206 Å². The molecular weight excluding hydrogens is 641 g/mol. The third-order valence-electron chi connectivity index (χ3n) is 10.6. The van der Waals surface area contributed by atoms with Gasteiger partial charge in [0.15, 0.2) is 0 Å². The molecule has 2 heteroatoms. The fourth-order valence-corrected chi connectivity index (χ4v) is 7.95. The molecule has 2 nitrogen and oxygen atoms in total. The van der Waals surface area contributed by atoms with Gasteiger partial charge in [-0.3, -0.25) is 0 Å². The summed E-state index contributed by atoms with van der Waals surface area (Å²) < 4.78 is 0. The molecule has 0 unspecified atom stereocenters. The molecule has 0 spiro atoms. The van der Waals surface area contributed by atoms with Crippen molar-refractivity contribution >= 4 is 55.7 Å². The fourth-order valence-electron chi connectivity index (χ4n) is 7.95. The highest BCUT2D eigenvalue weighted by atomic mass is 15.2. The minimum Gasteiger partial charge on any atom is -0.311 e. The maximum Gasteiger partial charge on any atom is 0.0497 e. The Morgan fingerprint density at radius 3 is 1.36 bits per heavy atom. The van der Waals surface area contributed by atoms with E-state index in [0.717, 1.165) is 23.5 Å². The second-order valence-corrected chi connectivity index (χ2v) is 13.8. The summed E-state index contributed by atoms with van der Waals surface area (Å²) in [7, 11) is 0. The predicted molar refractivity (Wildman–Crippen MR) is 224 cm³/mol. The SMILES string of the molecule is c1ccc(N(c2ccccc2)c2ccc(-c3ccc4c(c3)Cc3cc(-c5ccc6ccccc6c5)ccc3N4c3ccc4ccccc4c3)cc2)cc1. The van der Waals surface area contributed by atoms with E-state index in [1.54, 1.807) is 0 Å². The topological polar surface area (TPSA) is 6.48 Å². The summed E-state index contributed by atoms with van der Waals surface area (Å²) in [6.07, 6.45) is 0.859. The number of benzene rings is 9. The Kier molecular flexibility index (Phi) is 7.58. The Hall–Kier alpha value is -6.90. The molecule has 0 radical (unpaired) electrons. The Labute approximate surface area is 310 Å². The Morgan fingerprint density at radius 2 is 0.755 bits per heavy atom. The van der Waals surface area contributed by atoms with Gasteiger partial charge >= 0.3 is 0 Å². The maximum atomic E-state index is 2.45. The van der Waals surface area contributed by atoms with Crippen molar-refractivity contribution in [3.8, 4) is 22.3 Å². The van der Waals surface area contributed by atoms with E-state index in [9.17, 15) is 0 Å². The first kappa shape index (κ1) is 30.9. The van der Waals surface area contributed by atoms with E-state index in [1.165, 1.54) is 72.0 Å². The van der Waals surface area contributed by atoms with Gasteiger partial charge in [-0.25, -0.2) is 0 Å². The van der Waals surface area contributed by atoms with Crippen molar-refractivity contribution in [1.82, 2.24) is 0 Å². The van der Waals surface area contributed by atoms with Crippen LogP contribution in [0.1, 0.15) is 11.1 Å². The summed E-state index contributed by atoms with van der Waals surface area (Å²) >= 11 is 0. The number of para-hydroxylation sites is 2. The largest absolute Gasteiger partial charge is 0.311 e. The average Bonchev–Trinajstić information content (AvgIpc) is 3.23. The first-order valence-corrected chi connectivity index (χ1v) is 18.3. The molecule has 0 fully saturated rings. The van der Waals surface area contributed by atoms with Gasteiger partial charge in [-0.15, -0.1) is 0 Å². The molecule has 0 N–H and O–H groups in total. The molecule has 250 valence electrons. The molecule has 0 bridgehead atoms. The van der Waals surface area contributed by atoms with Gasteiger partial charge in [-0.05, 0) is 134 Å². The van der Waals surface area contributed by atoms with Crippen LogP contribution in [0, 0.1) is 0 Å². The van der Waals surface area contributed by atoms with Crippen LogP contribution in [0.5, 0.6) is 0 Å². The van der Waals surface area contributed by atoms with Gasteiger partial charge in [-0.2, -0.15) is 0 Å². The van der Waals surface area contributed by atoms with Gasteiger partial charge in [0.2, 0.25) is 0 Å². The van der Waals surface area contributed by atoms with Crippen molar-refractivity contribution in [3.63, 3.8) is 0 Å². The summed E-state index contributed by atoms with van der Waals surface area (Å²) in [5.41, 5.74) is 14.6. The van der Waals surface area contributed by atoms with Crippen molar-refractivity contribution in [3.05, 3.63) is 217 Å². The van der Waals surface area contributed by atoms with Crippen molar-refractivity contribution in [2.24, 2.45) is 0 Å². The number of hydrogen-bond donors (Lipinski definition) is 0. The molecule has 0 atom stereocenters. The van der Waals surface area contributed by atoms with Crippen LogP contribution in [-0.4, -0.2) is 0 Å². The first-order valence-electron chi connectivity index (χ1n) is 18.3. The van der Waals surface area contributed by atoms with Gasteiger partial charge < -0.3 is 9.80 Å². The fraction of sp³-hybridized carbons (Fsp3) is 0.0196. The summed E-state index contributed by atoms with van der Waals surface area (Å²) in [5, 5.41) is 5.01. The summed E-state index contributed by atoms with van der Waals surface area (Å²) in [4.78, 5) is 4.76. The number of hydrogen-bond acceptors (Lipinski definition) is 2. The lowest BCUT2D eigenvalue weighted by Crippen LogP contribution is -2.18. The highest BCUT2D eigenvalue weighted by Gasteiger charge is 2.25. The second kappa shape index (κ2) is 13.0. The zero-order valence-electron chi connectivity index (χ0n) is 29.2. The Bertz CT molecular complexity index is 2710. The Morgan fingerprint density at radius 1 is 0.321 bits per heavy atom. The lowest BCUT2D eigenvalue weighted by molar-refractivity contribution is 1.09. The van der Waals surface area contributed by atoms with Gasteiger partial charge in [0, 0.05) is 40.5 Å². The average molecular weight is 677 g/mol. The van der Waals surface area contributed by atoms with Crippen LogP contribution in [0.2, 0.25) is 0 Å². The van der Waals surface area contributed by atoms with Crippen molar-refractivity contribution in [2.75, 3.05) is 9.80 Å². The van der Waals surface area contributed by atoms with Crippen LogP contribution in [0.4, 0.5) is 34.1 Å². The van der Waals surface area contributed by atoms with Crippen molar-refractivity contribution < 1.29 is 0 Å². The summed E-state index contributed by atoms with van der Waals surface area (Å²) in [6.45, 7) is 0. The number of anilines is 6. The molecule has 9 aromatic rings. The first-order chi connectivity index (χ1) is 26.2. The molecule has 1 aliphatic rings. The molecule has 0 aromatic heterocycles. The van der Waals surface area contributed by atoms with E-state index in [0.29, 0.717) is 0 Å². The quantitative estimate of drug-likeness (QED) is 0.173. The van der Waals surface area contributed by atoms with Crippen molar-refractivity contribution in [2.45, 2.75) is 6.42 Å². The summed E-state index contributed by atoms with van der Waals surface area (Å²) in [5.74, 6) is 0. The minimum absolute atomic E-state index is 0.859.